The van der Waals surface area contributed by atoms with Crippen molar-refractivity contribution in [2.75, 3.05) is 27.2 Å². The maximum Gasteiger partial charge on any atom is 0.223 e. The van der Waals surface area contributed by atoms with E-state index in [9.17, 15) is 9.18 Å². The lowest BCUT2D eigenvalue weighted by molar-refractivity contribution is -0.132. The quantitative estimate of drug-likeness (QED) is 0.514. The van der Waals surface area contributed by atoms with E-state index in [4.69, 9.17) is 11.6 Å². The highest BCUT2D eigenvalue weighted by atomic mass is 35.5. The van der Waals surface area contributed by atoms with Crippen molar-refractivity contribution in [3.8, 4) is 0 Å². The van der Waals surface area contributed by atoms with Gasteiger partial charge in [-0.3, -0.25) is 4.79 Å². The fraction of sp³-hybridized carbons (Fsp3) is 0.346. The second-order valence-electron chi connectivity index (χ2n) is 8.80. The smallest absolute Gasteiger partial charge is 0.223 e. The lowest BCUT2D eigenvalue weighted by Crippen LogP contribution is -2.44. The monoisotopic (exact) mass is 438 g/mol. The topological polar surface area (TPSA) is 23.6 Å². The lowest BCUT2D eigenvalue weighted by atomic mass is 9.70. The molecule has 1 heterocycles. The number of likely N-dealkylation sites (tertiary alicyclic amines) is 1. The number of nitrogens with zero attached hydrogens (tertiary/aromatic N) is 2. The lowest BCUT2D eigenvalue weighted by Gasteiger charge is -2.41. The fourth-order valence-electron chi connectivity index (χ4n) is 4.67. The number of hydrogen-bond donors (Lipinski definition) is 0. The number of benzene rings is 3. The van der Waals surface area contributed by atoms with Crippen LogP contribution in [0.1, 0.15) is 30.4 Å². The third-order valence-electron chi connectivity index (χ3n) is 6.64. The molecule has 5 heteroatoms. The molecule has 1 amide bonds. The minimum Gasteiger partial charge on any atom is -0.341 e. The predicted molar refractivity (Wildman–Crippen MR) is 125 cm³/mol. The number of fused-ring (bicyclic) bond motifs is 1. The molecule has 0 saturated carbocycles. The number of carbonyl (C=O) groups excluding carboxylic acids is 1. The van der Waals surface area contributed by atoms with Gasteiger partial charge in [0.1, 0.15) is 5.82 Å². The van der Waals surface area contributed by atoms with Gasteiger partial charge in [0, 0.05) is 30.5 Å². The Morgan fingerprint density at radius 2 is 1.77 bits per heavy atom. The van der Waals surface area contributed by atoms with E-state index in [1.165, 1.54) is 12.1 Å². The van der Waals surface area contributed by atoms with Crippen LogP contribution < -0.4 is 0 Å². The highest BCUT2D eigenvalue weighted by Gasteiger charge is 2.38. The Morgan fingerprint density at radius 3 is 2.48 bits per heavy atom. The SMILES string of the molecule is CN1CCC(CC(=O)N(C)Cc2cc(Cl)cc3ccccc23)(c2ccc(F)cc2)CC1. The summed E-state index contributed by atoms with van der Waals surface area (Å²) in [5, 5.41) is 2.86. The largest absolute Gasteiger partial charge is 0.341 e. The van der Waals surface area contributed by atoms with Crippen LogP contribution in [0.2, 0.25) is 5.02 Å². The Morgan fingerprint density at radius 1 is 1.10 bits per heavy atom. The first kappa shape index (κ1) is 21.8. The van der Waals surface area contributed by atoms with E-state index in [2.05, 4.69) is 18.0 Å². The minimum absolute atomic E-state index is 0.0953. The van der Waals surface area contributed by atoms with E-state index in [0.717, 1.165) is 47.8 Å². The molecular formula is C26H28ClFN2O. The summed E-state index contributed by atoms with van der Waals surface area (Å²) >= 11 is 6.33. The van der Waals surface area contributed by atoms with Crippen molar-refractivity contribution in [1.29, 1.82) is 0 Å². The molecular weight excluding hydrogens is 411 g/mol. The van der Waals surface area contributed by atoms with Gasteiger partial charge in [-0.05, 0) is 79.1 Å². The predicted octanol–water partition coefficient (Wildman–Crippen LogP) is 5.64. The van der Waals surface area contributed by atoms with Crippen LogP contribution in [0.4, 0.5) is 4.39 Å². The molecule has 0 atom stereocenters. The van der Waals surface area contributed by atoms with E-state index in [1.54, 1.807) is 4.90 Å². The summed E-state index contributed by atoms with van der Waals surface area (Å²) in [7, 11) is 3.96. The molecule has 1 aliphatic heterocycles. The highest BCUT2D eigenvalue weighted by Crippen LogP contribution is 2.39. The first-order chi connectivity index (χ1) is 14.9. The maximum atomic E-state index is 13.5. The molecule has 0 N–H and O–H groups in total. The summed E-state index contributed by atoms with van der Waals surface area (Å²) in [6.45, 7) is 2.35. The van der Waals surface area contributed by atoms with Crippen LogP contribution in [0.3, 0.4) is 0 Å². The van der Waals surface area contributed by atoms with Crippen LogP contribution in [0.5, 0.6) is 0 Å². The average molecular weight is 439 g/mol. The molecule has 1 fully saturated rings. The van der Waals surface area contributed by atoms with Crippen LogP contribution in [0.25, 0.3) is 10.8 Å². The van der Waals surface area contributed by atoms with Crippen molar-refractivity contribution in [3.05, 3.63) is 82.6 Å². The summed E-state index contributed by atoms with van der Waals surface area (Å²) < 4.78 is 13.5. The normalized spacial score (nSPS) is 16.4. The standard InChI is InChI=1S/C26H28ClFN2O/c1-29-13-11-26(12-14-29,21-7-9-23(28)10-8-21)17-25(31)30(2)18-20-16-22(27)15-19-5-3-4-6-24(19)20/h3-10,15-16H,11-14,17-18H2,1-2H3. The molecule has 0 spiro atoms. The van der Waals surface area contributed by atoms with Gasteiger partial charge in [-0.2, -0.15) is 0 Å². The van der Waals surface area contributed by atoms with Crippen LogP contribution in [0, 0.1) is 5.82 Å². The number of carbonyl (C=O) groups is 1. The number of rotatable bonds is 5. The number of hydrogen-bond acceptors (Lipinski definition) is 2. The van der Waals surface area contributed by atoms with Gasteiger partial charge in [0.05, 0.1) is 0 Å². The first-order valence-corrected chi connectivity index (χ1v) is 11.1. The molecule has 31 heavy (non-hydrogen) atoms. The average Bonchev–Trinajstić information content (AvgIpc) is 2.76. The van der Waals surface area contributed by atoms with Crippen molar-refractivity contribution in [3.63, 3.8) is 0 Å². The molecule has 0 radical (unpaired) electrons. The molecule has 0 unspecified atom stereocenters. The molecule has 4 rings (SSSR count). The summed E-state index contributed by atoms with van der Waals surface area (Å²) in [5.74, 6) is -0.152. The van der Waals surface area contributed by atoms with Crippen LogP contribution in [-0.4, -0.2) is 42.9 Å². The van der Waals surface area contributed by atoms with Gasteiger partial charge < -0.3 is 9.80 Å². The summed E-state index contributed by atoms with van der Waals surface area (Å²) in [6, 6.07) is 18.7. The number of amides is 1. The van der Waals surface area contributed by atoms with Crippen molar-refractivity contribution < 1.29 is 9.18 Å². The summed E-state index contributed by atoms with van der Waals surface area (Å²) in [4.78, 5) is 17.4. The van der Waals surface area contributed by atoms with Crippen molar-refractivity contribution in [2.45, 2.75) is 31.2 Å². The van der Waals surface area contributed by atoms with Crippen molar-refractivity contribution in [1.82, 2.24) is 9.80 Å². The molecule has 3 aromatic carbocycles. The van der Waals surface area contributed by atoms with E-state index in [-0.39, 0.29) is 17.1 Å². The van der Waals surface area contributed by atoms with E-state index in [0.29, 0.717) is 18.0 Å². The van der Waals surface area contributed by atoms with Crippen LogP contribution in [0.15, 0.2) is 60.7 Å². The zero-order chi connectivity index (χ0) is 22.0. The highest BCUT2D eigenvalue weighted by molar-refractivity contribution is 6.31. The van der Waals surface area contributed by atoms with Gasteiger partial charge in [0.2, 0.25) is 5.91 Å². The third kappa shape index (κ3) is 4.76. The van der Waals surface area contributed by atoms with Gasteiger partial charge >= 0.3 is 0 Å². The van der Waals surface area contributed by atoms with E-state index in [1.807, 2.05) is 49.5 Å². The second-order valence-corrected chi connectivity index (χ2v) is 9.24. The molecule has 1 aliphatic rings. The zero-order valence-electron chi connectivity index (χ0n) is 18.1. The first-order valence-electron chi connectivity index (χ1n) is 10.7. The summed E-state index contributed by atoms with van der Waals surface area (Å²) in [6.07, 6.45) is 2.19. The molecule has 3 aromatic rings. The zero-order valence-corrected chi connectivity index (χ0v) is 18.8. The Balaban J connectivity index is 1.57. The Labute approximate surface area is 188 Å². The Kier molecular flexibility index (Phi) is 6.31. The molecule has 0 aliphatic carbocycles. The number of piperidine rings is 1. The number of halogens is 2. The molecule has 3 nitrogen and oxygen atoms in total. The second kappa shape index (κ2) is 8.97. The third-order valence-corrected chi connectivity index (χ3v) is 6.85. The maximum absolute atomic E-state index is 13.5. The van der Waals surface area contributed by atoms with Crippen molar-refractivity contribution >= 4 is 28.3 Å². The Bertz CT molecular complexity index is 1070. The van der Waals surface area contributed by atoms with E-state index >= 15 is 0 Å². The van der Waals surface area contributed by atoms with Gasteiger partial charge in [-0.1, -0.05) is 48.0 Å². The van der Waals surface area contributed by atoms with Crippen molar-refractivity contribution in [2.24, 2.45) is 0 Å². The van der Waals surface area contributed by atoms with Gasteiger partial charge in [0.15, 0.2) is 0 Å². The van der Waals surface area contributed by atoms with Crippen LogP contribution in [-0.2, 0) is 16.8 Å². The molecule has 162 valence electrons. The van der Waals surface area contributed by atoms with Gasteiger partial charge in [0.25, 0.3) is 0 Å². The fourth-order valence-corrected chi connectivity index (χ4v) is 4.92. The minimum atomic E-state index is -0.262. The van der Waals surface area contributed by atoms with E-state index < -0.39 is 0 Å². The van der Waals surface area contributed by atoms with Crippen LogP contribution >= 0.6 is 11.6 Å². The molecule has 0 aromatic heterocycles. The molecule has 1 saturated heterocycles. The Hall–Kier alpha value is -2.43. The summed E-state index contributed by atoms with van der Waals surface area (Å²) in [5.41, 5.74) is 1.83. The van der Waals surface area contributed by atoms with Gasteiger partial charge in [-0.15, -0.1) is 0 Å². The molecule has 0 bridgehead atoms. The van der Waals surface area contributed by atoms with Gasteiger partial charge in [-0.25, -0.2) is 4.39 Å².